The highest BCUT2D eigenvalue weighted by Crippen LogP contribution is 2.31. The molecule has 2 aromatic rings. The molecule has 100 valence electrons. The van der Waals surface area contributed by atoms with Gasteiger partial charge in [0.15, 0.2) is 5.82 Å². The molecule has 0 unspecified atom stereocenters. The fraction of sp³-hybridized carbons (Fsp3) is 0.500. The van der Waals surface area contributed by atoms with Crippen LogP contribution < -0.4 is 0 Å². The van der Waals surface area contributed by atoms with Crippen LogP contribution in [0.2, 0.25) is 0 Å². The number of benzene rings is 1. The molecular weight excluding hydrogens is 234 g/mol. The molecule has 0 spiro atoms. The molecule has 0 aliphatic heterocycles. The summed E-state index contributed by atoms with van der Waals surface area (Å²) in [7, 11) is 0. The number of nitrogens with one attached hydrogen (secondary N) is 1. The van der Waals surface area contributed by atoms with Crippen LogP contribution in [0.3, 0.4) is 0 Å². The molecule has 0 amide bonds. The second-order valence-electron chi connectivity index (χ2n) is 5.72. The van der Waals surface area contributed by atoms with E-state index in [1.54, 1.807) is 0 Å². The molecular formula is C16H21N3. The summed E-state index contributed by atoms with van der Waals surface area (Å²) in [5, 5.41) is 7.50. The smallest absolute Gasteiger partial charge is 0.153 e. The van der Waals surface area contributed by atoms with E-state index in [4.69, 9.17) is 0 Å². The van der Waals surface area contributed by atoms with Crippen LogP contribution in [0.25, 0.3) is 0 Å². The molecule has 0 bridgehead atoms. The summed E-state index contributed by atoms with van der Waals surface area (Å²) >= 11 is 0. The molecule has 3 nitrogen and oxygen atoms in total. The van der Waals surface area contributed by atoms with Gasteiger partial charge in [0.1, 0.15) is 5.82 Å². The summed E-state index contributed by atoms with van der Waals surface area (Å²) in [5.74, 6) is 2.60. The van der Waals surface area contributed by atoms with Gasteiger partial charge in [-0.25, -0.2) is 4.98 Å². The average molecular weight is 255 g/mol. The maximum Gasteiger partial charge on any atom is 0.153 e. The lowest BCUT2D eigenvalue weighted by Crippen LogP contribution is -1.96. The Morgan fingerprint density at radius 2 is 1.95 bits per heavy atom. The standard InChI is InChI=1S/C16H21N3/c1-11-7-8-13(9-12(11)2)10-15-17-16(19-18-15)14-5-3-4-6-14/h7-9,14H,3-6,10H2,1-2H3,(H,17,18,19). The van der Waals surface area contributed by atoms with Crippen LogP contribution in [0.4, 0.5) is 0 Å². The van der Waals surface area contributed by atoms with Crippen molar-refractivity contribution in [3.05, 3.63) is 46.5 Å². The predicted molar refractivity (Wildman–Crippen MR) is 76.3 cm³/mol. The Bertz CT molecular complexity index is 565. The van der Waals surface area contributed by atoms with Crippen LogP contribution in [0.5, 0.6) is 0 Å². The van der Waals surface area contributed by atoms with E-state index in [9.17, 15) is 0 Å². The van der Waals surface area contributed by atoms with E-state index in [2.05, 4.69) is 47.2 Å². The molecule has 1 aliphatic rings. The molecule has 1 fully saturated rings. The molecule has 1 N–H and O–H groups in total. The number of hydrogen-bond donors (Lipinski definition) is 1. The summed E-state index contributed by atoms with van der Waals surface area (Å²) in [6.07, 6.45) is 6.00. The van der Waals surface area contributed by atoms with E-state index >= 15 is 0 Å². The van der Waals surface area contributed by atoms with Crippen molar-refractivity contribution in [1.82, 2.24) is 15.2 Å². The molecule has 0 atom stereocenters. The van der Waals surface area contributed by atoms with Crippen molar-refractivity contribution in [1.29, 1.82) is 0 Å². The molecule has 3 rings (SSSR count). The maximum absolute atomic E-state index is 4.67. The third kappa shape index (κ3) is 2.70. The normalized spacial score (nSPS) is 16.1. The van der Waals surface area contributed by atoms with Crippen LogP contribution in [0, 0.1) is 13.8 Å². The second-order valence-corrected chi connectivity index (χ2v) is 5.72. The van der Waals surface area contributed by atoms with Gasteiger partial charge in [0, 0.05) is 12.3 Å². The van der Waals surface area contributed by atoms with Gasteiger partial charge in [-0.05, 0) is 43.4 Å². The molecule has 0 saturated heterocycles. The topological polar surface area (TPSA) is 41.6 Å². The van der Waals surface area contributed by atoms with Crippen LogP contribution in [-0.2, 0) is 6.42 Å². The summed E-state index contributed by atoms with van der Waals surface area (Å²) in [6.45, 7) is 4.30. The summed E-state index contributed by atoms with van der Waals surface area (Å²) in [4.78, 5) is 4.67. The van der Waals surface area contributed by atoms with Crippen LogP contribution in [-0.4, -0.2) is 15.2 Å². The highest BCUT2D eigenvalue weighted by atomic mass is 15.2. The van der Waals surface area contributed by atoms with Crippen molar-refractivity contribution in [3.8, 4) is 0 Å². The number of aromatic amines is 1. The summed E-state index contributed by atoms with van der Waals surface area (Å²) in [6, 6.07) is 6.60. The molecule has 1 aromatic heterocycles. The minimum Gasteiger partial charge on any atom is -0.263 e. The Morgan fingerprint density at radius 3 is 2.68 bits per heavy atom. The first-order valence-corrected chi connectivity index (χ1v) is 7.19. The van der Waals surface area contributed by atoms with Crippen molar-refractivity contribution in [2.24, 2.45) is 0 Å². The number of nitrogens with zero attached hydrogens (tertiary/aromatic N) is 2. The van der Waals surface area contributed by atoms with Gasteiger partial charge in [0.05, 0.1) is 0 Å². The fourth-order valence-electron chi connectivity index (χ4n) is 2.86. The quantitative estimate of drug-likeness (QED) is 0.909. The number of hydrogen-bond acceptors (Lipinski definition) is 2. The van der Waals surface area contributed by atoms with Gasteiger partial charge in [-0.1, -0.05) is 31.0 Å². The number of rotatable bonds is 3. The van der Waals surface area contributed by atoms with E-state index < -0.39 is 0 Å². The Balaban J connectivity index is 1.74. The van der Waals surface area contributed by atoms with Gasteiger partial charge < -0.3 is 0 Å². The van der Waals surface area contributed by atoms with Crippen LogP contribution in [0.1, 0.15) is 59.9 Å². The van der Waals surface area contributed by atoms with E-state index in [-0.39, 0.29) is 0 Å². The molecule has 3 heteroatoms. The molecule has 0 radical (unpaired) electrons. The zero-order valence-corrected chi connectivity index (χ0v) is 11.7. The van der Waals surface area contributed by atoms with Crippen molar-refractivity contribution >= 4 is 0 Å². The molecule has 19 heavy (non-hydrogen) atoms. The third-order valence-electron chi connectivity index (χ3n) is 4.21. The monoisotopic (exact) mass is 255 g/mol. The molecule has 1 heterocycles. The zero-order chi connectivity index (χ0) is 13.2. The third-order valence-corrected chi connectivity index (χ3v) is 4.21. The highest BCUT2D eigenvalue weighted by molar-refractivity contribution is 5.31. The molecule has 1 aromatic carbocycles. The van der Waals surface area contributed by atoms with Gasteiger partial charge in [0.2, 0.25) is 0 Å². The summed E-state index contributed by atoms with van der Waals surface area (Å²) < 4.78 is 0. The van der Waals surface area contributed by atoms with Gasteiger partial charge in [-0.3, -0.25) is 5.10 Å². The van der Waals surface area contributed by atoms with Crippen molar-refractivity contribution < 1.29 is 0 Å². The zero-order valence-electron chi connectivity index (χ0n) is 11.7. The van der Waals surface area contributed by atoms with E-state index in [1.165, 1.54) is 42.4 Å². The Labute approximate surface area is 114 Å². The Hall–Kier alpha value is -1.64. The van der Waals surface area contributed by atoms with Crippen molar-refractivity contribution in [2.75, 3.05) is 0 Å². The first-order chi connectivity index (χ1) is 9.22. The molecule has 1 saturated carbocycles. The predicted octanol–water partition coefficient (Wildman–Crippen LogP) is 3.67. The lowest BCUT2D eigenvalue weighted by molar-refractivity contribution is 0.671. The van der Waals surface area contributed by atoms with E-state index in [0.29, 0.717) is 5.92 Å². The SMILES string of the molecule is Cc1ccc(Cc2nc(C3CCCC3)n[nH]2)cc1C. The van der Waals surface area contributed by atoms with Crippen molar-refractivity contribution in [2.45, 2.75) is 51.9 Å². The fourth-order valence-corrected chi connectivity index (χ4v) is 2.86. The maximum atomic E-state index is 4.67. The Morgan fingerprint density at radius 1 is 1.16 bits per heavy atom. The van der Waals surface area contributed by atoms with Crippen LogP contribution in [0.15, 0.2) is 18.2 Å². The van der Waals surface area contributed by atoms with Gasteiger partial charge in [-0.2, -0.15) is 5.10 Å². The minimum absolute atomic E-state index is 0.588. The first kappa shape index (κ1) is 12.4. The lowest BCUT2D eigenvalue weighted by atomic mass is 10.0. The van der Waals surface area contributed by atoms with Crippen LogP contribution >= 0.6 is 0 Å². The van der Waals surface area contributed by atoms with Gasteiger partial charge >= 0.3 is 0 Å². The summed E-state index contributed by atoms with van der Waals surface area (Å²) in [5.41, 5.74) is 3.98. The number of aromatic nitrogens is 3. The van der Waals surface area contributed by atoms with Gasteiger partial charge in [-0.15, -0.1) is 0 Å². The Kier molecular flexibility index (Phi) is 3.36. The lowest BCUT2D eigenvalue weighted by Gasteiger charge is -2.03. The highest BCUT2D eigenvalue weighted by Gasteiger charge is 2.21. The first-order valence-electron chi connectivity index (χ1n) is 7.19. The minimum atomic E-state index is 0.588. The largest absolute Gasteiger partial charge is 0.263 e. The van der Waals surface area contributed by atoms with E-state index in [0.717, 1.165) is 18.1 Å². The average Bonchev–Trinajstić information content (AvgIpc) is 3.04. The van der Waals surface area contributed by atoms with Crippen molar-refractivity contribution in [3.63, 3.8) is 0 Å². The number of aryl methyl sites for hydroxylation is 2. The van der Waals surface area contributed by atoms with E-state index in [1.807, 2.05) is 0 Å². The van der Waals surface area contributed by atoms with Gasteiger partial charge in [0.25, 0.3) is 0 Å². The second kappa shape index (κ2) is 5.16. The number of H-pyrrole nitrogens is 1. The molecule has 1 aliphatic carbocycles.